The van der Waals surface area contributed by atoms with Crippen LogP contribution in [-0.4, -0.2) is 8.42 Å². The number of halogens is 4. The van der Waals surface area contributed by atoms with Crippen LogP contribution in [0.4, 0.5) is 18.9 Å². The van der Waals surface area contributed by atoms with Crippen molar-refractivity contribution < 1.29 is 21.6 Å². The van der Waals surface area contributed by atoms with Crippen molar-refractivity contribution in [3.8, 4) is 0 Å². The maximum atomic E-state index is 12.8. The Hall–Kier alpha value is -1.73. The third kappa shape index (κ3) is 3.79. The number of hydrogen-bond donors (Lipinski definition) is 1. The largest absolute Gasteiger partial charge is 0.416 e. The van der Waals surface area contributed by atoms with Crippen LogP contribution in [0.25, 0.3) is 0 Å². The highest BCUT2D eigenvalue weighted by Crippen LogP contribution is 2.34. The summed E-state index contributed by atoms with van der Waals surface area (Å²) >= 11 is 5.78. The number of aryl methyl sites for hydroxylation is 1. The lowest BCUT2D eigenvalue weighted by Gasteiger charge is -2.14. The zero-order valence-electron chi connectivity index (χ0n) is 12.2. The molecule has 0 fully saturated rings. The van der Waals surface area contributed by atoms with E-state index in [9.17, 15) is 21.6 Å². The van der Waals surface area contributed by atoms with Crippen LogP contribution in [0.15, 0.2) is 41.3 Å². The van der Waals surface area contributed by atoms with Gasteiger partial charge in [-0.2, -0.15) is 13.2 Å². The summed E-state index contributed by atoms with van der Waals surface area (Å²) in [6, 6.07) is 7.15. The molecule has 23 heavy (non-hydrogen) atoms. The molecule has 0 atom stereocenters. The van der Waals surface area contributed by atoms with Crippen molar-refractivity contribution in [2.75, 3.05) is 4.72 Å². The fourth-order valence-electron chi connectivity index (χ4n) is 1.95. The first kappa shape index (κ1) is 17.6. The van der Waals surface area contributed by atoms with E-state index in [1.807, 2.05) is 0 Å². The molecule has 2 aromatic rings. The second-order valence-electron chi connectivity index (χ2n) is 5.00. The van der Waals surface area contributed by atoms with E-state index in [0.29, 0.717) is 17.3 Å². The SMILES string of the molecule is Cc1cccc(NS(=O)(=O)c2cc(C(F)(F)F)ccc2Cl)c1C. The first-order valence-corrected chi connectivity index (χ1v) is 8.34. The smallest absolute Gasteiger partial charge is 0.279 e. The second-order valence-corrected chi connectivity index (χ2v) is 7.05. The Labute approximate surface area is 137 Å². The molecule has 0 radical (unpaired) electrons. The zero-order chi connectivity index (χ0) is 17.4. The number of sulfonamides is 1. The van der Waals surface area contributed by atoms with Crippen molar-refractivity contribution in [2.45, 2.75) is 24.9 Å². The lowest BCUT2D eigenvalue weighted by Crippen LogP contribution is -2.16. The highest BCUT2D eigenvalue weighted by atomic mass is 35.5. The van der Waals surface area contributed by atoms with Gasteiger partial charge >= 0.3 is 6.18 Å². The van der Waals surface area contributed by atoms with E-state index < -0.39 is 26.7 Å². The van der Waals surface area contributed by atoms with Gasteiger partial charge in [0.25, 0.3) is 10.0 Å². The molecule has 0 spiro atoms. The minimum atomic E-state index is -4.66. The molecule has 2 rings (SSSR count). The third-order valence-corrected chi connectivity index (χ3v) is 5.24. The van der Waals surface area contributed by atoms with Crippen LogP contribution in [0.3, 0.4) is 0 Å². The molecule has 0 aliphatic heterocycles. The molecule has 3 nitrogen and oxygen atoms in total. The topological polar surface area (TPSA) is 46.2 Å². The summed E-state index contributed by atoms with van der Waals surface area (Å²) in [5.41, 5.74) is 0.737. The molecule has 0 saturated heterocycles. The normalized spacial score (nSPS) is 12.3. The van der Waals surface area contributed by atoms with E-state index in [1.54, 1.807) is 26.0 Å². The van der Waals surface area contributed by atoms with Crippen LogP contribution >= 0.6 is 11.6 Å². The first-order chi connectivity index (χ1) is 10.5. The fraction of sp³-hybridized carbons (Fsp3) is 0.200. The number of anilines is 1. The molecule has 0 unspecified atom stereocenters. The molecule has 0 aliphatic carbocycles. The van der Waals surface area contributed by atoms with E-state index in [2.05, 4.69) is 4.72 Å². The quantitative estimate of drug-likeness (QED) is 0.853. The van der Waals surface area contributed by atoms with Crippen molar-refractivity contribution in [3.63, 3.8) is 0 Å². The van der Waals surface area contributed by atoms with Gasteiger partial charge in [-0.05, 0) is 49.2 Å². The number of alkyl halides is 3. The Morgan fingerprint density at radius 3 is 2.35 bits per heavy atom. The molecule has 0 heterocycles. The molecule has 0 aliphatic rings. The molecule has 0 bridgehead atoms. The average molecular weight is 364 g/mol. The van der Waals surface area contributed by atoms with Crippen LogP contribution in [-0.2, 0) is 16.2 Å². The van der Waals surface area contributed by atoms with Crippen LogP contribution < -0.4 is 4.72 Å². The highest BCUT2D eigenvalue weighted by Gasteiger charge is 2.32. The molecule has 2 aromatic carbocycles. The maximum absolute atomic E-state index is 12.8. The maximum Gasteiger partial charge on any atom is 0.416 e. The molecule has 0 saturated carbocycles. The van der Waals surface area contributed by atoms with E-state index >= 15 is 0 Å². The monoisotopic (exact) mass is 363 g/mol. The van der Waals surface area contributed by atoms with Crippen molar-refractivity contribution >= 4 is 27.3 Å². The van der Waals surface area contributed by atoms with Gasteiger partial charge in [0.2, 0.25) is 0 Å². The molecule has 0 amide bonds. The van der Waals surface area contributed by atoms with Crippen LogP contribution in [0, 0.1) is 13.8 Å². The molecule has 124 valence electrons. The van der Waals surface area contributed by atoms with Crippen LogP contribution in [0.2, 0.25) is 5.02 Å². The van der Waals surface area contributed by atoms with Crippen LogP contribution in [0.1, 0.15) is 16.7 Å². The van der Waals surface area contributed by atoms with E-state index in [4.69, 9.17) is 11.6 Å². The summed E-state index contributed by atoms with van der Waals surface area (Å²) < 4.78 is 65.4. The Morgan fingerprint density at radius 2 is 1.74 bits per heavy atom. The number of rotatable bonds is 3. The summed E-state index contributed by atoms with van der Waals surface area (Å²) in [6.07, 6.45) is -4.66. The van der Waals surface area contributed by atoms with Gasteiger partial charge in [0.1, 0.15) is 4.90 Å². The summed E-state index contributed by atoms with van der Waals surface area (Å²) in [5, 5.41) is -0.282. The van der Waals surface area contributed by atoms with Crippen molar-refractivity contribution in [1.82, 2.24) is 0 Å². The lowest BCUT2D eigenvalue weighted by atomic mass is 10.1. The van der Waals surface area contributed by atoms with E-state index in [-0.39, 0.29) is 5.02 Å². The Morgan fingerprint density at radius 1 is 1.09 bits per heavy atom. The van der Waals surface area contributed by atoms with E-state index in [0.717, 1.165) is 17.7 Å². The van der Waals surface area contributed by atoms with Gasteiger partial charge in [0.15, 0.2) is 0 Å². The fourth-order valence-corrected chi connectivity index (χ4v) is 3.60. The minimum absolute atomic E-state index is 0.282. The van der Waals surface area contributed by atoms with Gasteiger partial charge in [-0.15, -0.1) is 0 Å². The van der Waals surface area contributed by atoms with Gasteiger partial charge in [-0.3, -0.25) is 4.72 Å². The molecular formula is C15H13ClF3NO2S. The van der Waals surface area contributed by atoms with Crippen molar-refractivity contribution in [3.05, 3.63) is 58.1 Å². The van der Waals surface area contributed by atoms with Gasteiger partial charge in [-0.1, -0.05) is 23.7 Å². The highest BCUT2D eigenvalue weighted by molar-refractivity contribution is 7.92. The predicted octanol–water partition coefficient (Wildman–Crippen LogP) is 4.78. The Kier molecular flexibility index (Phi) is 4.64. The van der Waals surface area contributed by atoms with Crippen molar-refractivity contribution in [1.29, 1.82) is 0 Å². The Balaban J connectivity index is 2.50. The first-order valence-electron chi connectivity index (χ1n) is 6.48. The molecule has 0 aromatic heterocycles. The number of benzene rings is 2. The van der Waals surface area contributed by atoms with Gasteiger partial charge in [-0.25, -0.2) is 8.42 Å². The average Bonchev–Trinajstić information content (AvgIpc) is 2.42. The molecular weight excluding hydrogens is 351 g/mol. The summed E-state index contributed by atoms with van der Waals surface area (Å²) in [7, 11) is -4.25. The molecule has 8 heteroatoms. The van der Waals surface area contributed by atoms with Crippen molar-refractivity contribution in [2.24, 2.45) is 0 Å². The lowest BCUT2D eigenvalue weighted by molar-refractivity contribution is -0.137. The number of hydrogen-bond acceptors (Lipinski definition) is 2. The third-order valence-electron chi connectivity index (χ3n) is 3.40. The predicted molar refractivity (Wildman–Crippen MR) is 83.2 cm³/mol. The summed E-state index contributed by atoms with van der Waals surface area (Å²) in [5.74, 6) is 0. The van der Waals surface area contributed by atoms with Gasteiger partial charge < -0.3 is 0 Å². The Bertz CT molecular complexity index is 848. The van der Waals surface area contributed by atoms with Crippen LogP contribution in [0.5, 0.6) is 0 Å². The standard InChI is InChI=1S/C15H13ClF3NO2S/c1-9-4-3-5-13(10(9)2)20-23(21,22)14-8-11(15(17,18)19)6-7-12(14)16/h3-8,20H,1-2H3. The number of nitrogens with one attached hydrogen (secondary N) is 1. The molecule has 1 N–H and O–H groups in total. The van der Waals surface area contributed by atoms with Gasteiger partial charge in [0.05, 0.1) is 16.3 Å². The second kappa shape index (κ2) is 6.05. The zero-order valence-corrected chi connectivity index (χ0v) is 13.8. The minimum Gasteiger partial charge on any atom is -0.279 e. The van der Waals surface area contributed by atoms with E-state index in [1.165, 1.54) is 6.07 Å². The summed E-state index contributed by atoms with van der Waals surface area (Å²) in [4.78, 5) is -0.616. The summed E-state index contributed by atoms with van der Waals surface area (Å²) in [6.45, 7) is 3.51. The van der Waals surface area contributed by atoms with Gasteiger partial charge in [0, 0.05) is 0 Å².